The lowest BCUT2D eigenvalue weighted by molar-refractivity contribution is 0.0742. The number of halogens is 3. The summed E-state index contributed by atoms with van der Waals surface area (Å²) < 4.78 is 28.9. The van der Waals surface area contributed by atoms with Gasteiger partial charge < -0.3 is 9.80 Å². The zero-order valence-corrected chi connectivity index (χ0v) is 17.4. The molecule has 162 valence electrons. The first-order valence-electron chi connectivity index (χ1n) is 9.83. The third-order valence-electron chi connectivity index (χ3n) is 5.33. The maximum absolute atomic E-state index is 14.1. The number of carbonyl (C=O) groups is 1. The van der Waals surface area contributed by atoms with Gasteiger partial charge in [0.25, 0.3) is 5.91 Å². The molecule has 0 unspecified atom stereocenters. The van der Waals surface area contributed by atoms with Crippen molar-refractivity contribution in [3.63, 3.8) is 0 Å². The van der Waals surface area contributed by atoms with Gasteiger partial charge in [0.05, 0.1) is 16.3 Å². The van der Waals surface area contributed by atoms with Crippen LogP contribution in [-0.2, 0) is 0 Å². The average molecular weight is 456 g/mol. The van der Waals surface area contributed by atoms with Crippen molar-refractivity contribution in [3.8, 4) is 5.69 Å². The van der Waals surface area contributed by atoms with Gasteiger partial charge >= 0.3 is 0 Å². The van der Waals surface area contributed by atoms with Crippen LogP contribution < -0.4 is 4.90 Å². The van der Waals surface area contributed by atoms with Gasteiger partial charge in [-0.25, -0.2) is 18.7 Å². The Morgan fingerprint density at radius 3 is 2.44 bits per heavy atom. The van der Waals surface area contributed by atoms with Gasteiger partial charge in [0.2, 0.25) is 0 Å². The predicted molar refractivity (Wildman–Crippen MR) is 114 cm³/mol. The van der Waals surface area contributed by atoms with Crippen LogP contribution in [0.4, 0.5) is 14.6 Å². The Balaban J connectivity index is 1.37. The number of anilines is 1. The summed E-state index contributed by atoms with van der Waals surface area (Å²) in [5, 5.41) is 8.46. The van der Waals surface area contributed by atoms with Gasteiger partial charge in [-0.3, -0.25) is 4.79 Å². The fourth-order valence-electron chi connectivity index (χ4n) is 3.71. The molecule has 2 aromatic heterocycles. The minimum Gasteiger partial charge on any atom is -0.351 e. The lowest BCUT2D eigenvalue weighted by atomic mass is 10.1. The molecule has 3 heterocycles. The quantitative estimate of drug-likeness (QED) is 0.472. The zero-order chi connectivity index (χ0) is 22.2. The molecule has 0 saturated carbocycles. The van der Waals surface area contributed by atoms with Crippen LogP contribution in [0.1, 0.15) is 10.4 Å². The number of hydrogen-bond acceptors (Lipinski definition) is 6. The highest BCUT2D eigenvalue weighted by atomic mass is 35.5. The molecule has 11 heteroatoms. The average Bonchev–Trinajstić information content (AvgIpc) is 3.24. The Labute approximate surface area is 186 Å². The maximum atomic E-state index is 14.1. The number of rotatable bonds is 3. The van der Waals surface area contributed by atoms with E-state index in [2.05, 4.69) is 20.3 Å². The Hall–Kier alpha value is -3.66. The Bertz CT molecular complexity index is 1280. The molecule has 1 aliphatic heterocycles. The second kappa shape index (κ2) is 8.12. The molecule has 0 aliphatic carbocycles. The summed E-state index contributed by atoms with van der Waals surface area (Å²) in [5.41, 5.74) is 1.48. The molecule has 4 aromatic rings. The Morgan fingerprint density at radius 1 is 0.969 bits per heavy atom. The fraction of sp³-hybridized carbons (Fsp3) is 0.190. The van der Waals surface area contributed by atoms with Crippen LogP contribution in [0, 0.1) is 11.6 Å². The van der Waals surface area contributed by atoms with Crippen molar-refractivity contribution >= 4 is 34.5 Å². The zero-order valence-electron chi connectivity index (χ0n) is 16.6. The molecule has 1 aliphatic rings. The van der Waals surface area contributed by atoms with Crippen LogP contribution in [0.5, 0.6) is 0 Å². The molecule has 1 amide bonds. The van der Waals surface area contributed by atoms with E-state index < -0.39 is 11.7 Å². The lowest BCUT2D eigenvalue weighted by Gasteiger charge is -2.35. The van der Waals surface area contributed by atoms with E-state index in [9.17, 15) is 13.6 Å². The smallest absolute Gasteiger partial charge is 0.258 e. The van der Waals surface area contributed by atoms with E-state index in [1.54, 1.807) is 17.0 Å². The highest BCUT2D eigenvalue weighted by Gasteiger charge is 2.28. The summed E-state index contributed by atoms with van der Waals surface area (Å²) in [6, 6.07) is 10.0. The van der Waals surface area contributed by atoms with Gasteiger partial charge in [0.1, 0.15) is 18.0 Å². The minimum absolute atomic E-state index is 0.0901. The molecule has 0 atom stereocenters. The van der Waals surface area contributed by atoms with E-state index in [0.717, 1.165) is 0 Å². The van der Waals surface area contributed by atoms with Crippen molar-refractivity contribution in [1.82, 2.24) is 29.9 Å². The maximum Gasteiger partial charge on any atom is 0.258 e. The van der Waals surface area contributed by atoms with Gasteiger partial charge in [0, 0.05) is 26.2 Å². The lowest BCUT2D eigenvalue weighted by Crippen LogP contribution is -2.49. The van der Waals surface area contributed by atoms with Gasteiger partial charge in [-0.1, -0.05) is 22.9 Å². The molecular weight excluding hydrogens is 440 g/mol. The van der Waals surface area contributed by atoms with Crippen LogP contribution in [0.2, 0.25) is 5.02 Å². The first-order valence-corrected chi connectivity index (χ1v) is 10.2. The molecule has 2 aromatic carbocycles. The predicted octanol–water partition coefficient (Wildman–Crippen LogP) is 3.10. The molecule has 1 saturated heterocycles. The van der Waals surface area contributed by atoms with Crippen molar-refractivity contribution < 1.29 is 13.6 Å². The van der Waals surface area contributed by atoms with E-state index in [1.165, 1.54) is 41.3 Å². The van der Waals surface area contributed by atoms with Gasteiger partial charge in [-0.2, -0.15) is 4.68 Å². The number of hydrogen-bond donors (Lipinski definition) is 0. The summed E-state index contributed by atoms with van der Waals surface area (Å²) in [7, 11) is 0. The normalized spacial score (nSPS) is 14.2. The summed E-state index contributed by atoms with van der Waals surface area (Å²) in [4.78, 5) is 25.0. The number of carbonyl (C=O) groups excluding carboxylic acids is 1. The number of benzene rings is 2. The molecule has 0 radical (unpaired) electrons. The van der Waals surface area contributed by atoms with Gasteiger partial charge in [-0.15, -0.1) is 5.10 Å². The van der Waals surface area contributed by atoms with Crippen molar-refractivity contribution in [1.29, 1.82) is 0 Å². The van der Waals surface area contributed by atoms with Crippen LogP contribution in [-0.4, -0.2) is 61.9 Å². The van der Waals surface area contributed by atoms with Gasteiger partial charge in [-0.05, 0) is 36.4 Å². The Morgan fingerprint density at radius 2 is 1.72 bits per heavy atom. The summed E-state index contributed by atoms with van der Waals surface area (Å²) in [6.07, 6.45) is 1.41. The van der Waals surface area contributed by atoms with E-state index >= 15 is 0 Å². The topological polar surface area (TPSA) is 80.0 Å². The number of amides is 1. The summed E-state index contributed by atoms with van der Waals surface area (Å²) in [6.45, 7) is 1.66. The second-order valence-corrected chi connectivity index (χ2v) is 7.63. The summed E-state index contributed by atoms with van der Waals surface area (Å²) in [5.74, 6) is -0.848. The molecule has 8 nitrogen and oxygen atoms in total. The molecule has 1 fully saturated rings. The first-order chi connectivity index (χ1) is 15.5. The third-order valence-corrected chi connectivity index (χ3v) is 5.65. The van der Waals surface area contributed by atoms with Crippen molar-refractivity contribution in [3.05, 3.63) is 71.0 Å². The fourth-order valence-corrected chi connectivity index (χ4v) is 3.95. The number of fused-ring (bicyclic) bond motifs is 1. The van der Waals surface area contributed by atoms with Crippen molar-refractivity contribution in [2.45, 2.75) is 0 Å². The second-order valence-electron chi connectivity index (χ2n) is 7.22. The largest absolute Gasteiger partial charge is 0.351 e. The van der Waals surface area contributed by atoms with Crippen LogP contribution >= 0.6 is 11.6 Å². The standard InChI is InChI=1S/C21H16ClF2N7O/c22-15-2-1-3-16(24)17(15)21(32)30-10-8-29(9-11-30)19-18-20(26-12-25-19)31(28-27-18)14-6-4-13(23)5-7-14/h1-7,12H,8-11H2. The minimum atomic E-state index is -0.639. The molecular formula is C21H16ClF2N7O. The van der Waals surface area contributed by atoms with Crippen molar-refractivity contribution in [2.75, 3.05) is 31.1 Å². The van der Waals surface area contributed by atoms with E-state index in [0.29, 0.717) is 48.8 Å². The third kappa shape index (κ3) is 3.52. The Kier molecular flexibility index (Phi) is 5.14. The first kappa shape index (κ1) is 20.3. The van der Waals surface area contributed by atoms with E-state index in [-0.39, 0.29) is 16.4 Å². The SMILES string of the molecule is O=C(c1c(F)cccc1Cl)N1CCN(c2ncnc3c2nnn3-c2ccc(F)cc2)CC1. The number of nitrogens with zero attached hydrogens (tertiary/aromatic N) is 7. The molecule has 32 heavy (non-hydrogen) atoms. The summed E-state index contributed by atoms with van der Waals surface area (Å²) >= 11 is 6.04. The molecule has 5 rings (SSSR count). The molecule has 0 bridgehead atoms. The monoisotopic (exact) mass is 455 g/mol. The highest BCUT2D eigenvalue weighted by Crippen LogP contribution is 2.25. The molecule has 0 spiro atoms. The molecule has 0 N–H and O–H groups in total. The van der Waals surface area contributed by atoms with Crippen LogP contribution in [0.15, 0.2) is 48.8 Å². The van der Waals surface area contributed by atoms with Crippen LogP contribution in [0.25, 0.3) is 16.9 Å². The van der Waals surface area contributed by atoms with E-state index in [1.807, 2.05) is 4.90 Å². The number of aromatic nitrogens is 5. The van der Waals surface area contributed by atoms with Crippen molar-refractivity contribution in [2.24, 2.45) is 0 Å². The van der Waals surface area contributed by atoms with Gasteiger partial charge in [0.15, 0.2) is 17.0 Å². The van der Waals surface area contributed by atoms with Crippen LogP contribution in [0.3, 0.4) is 0 Å². The number of piperazine rings is 1. The highest BCUT2D eigenvalue weighted by molar-refractivity contribution is 6.33. The van der Waals surface area contributed by atoms with E-state index in [4.69, 9.17) is 11.6 Å².